The molecule has 19 heavy (non-hydrogen) atoms. The molecule has 0 spiro atoms. The zero-order chi connectivity index (χ0) is 13.9. The van der Waals surface area contributed by atoms with Crippen molar-refractivity contribution in [1.82, 2.24) is 10.6 Å². The summed E-state index contributed by atoms with van der Waals surface area (Å²) in [6, 6.07) is 7.62. The topological polar surface area (TPSA) is 50.4 Å². The van der Waals surface area contributed by atoms with Crippen LogP contribution in [-0.2, 0) is 4.79 Å². The monoisotopic (exact) mass is 284 g/mol. The summed E-state index contributed by atoms with van der Waals surface area (Å²) in [5.41, 5.74) is 0. The van der Waals surface area contributed by atoms with Crippen LogP contribution >= 0.6 is 11.6 Å². The van der Waals surface area contributed by atoms with E-state index in [-0.39, 0.29) is 6.61 Å². The number of rotatable bonds is 4. The molecule has 1 aliphatic heterocycles. The molecule has 0 aliphatic carbocycles. The van der Waals surface area contributed by atoms with Crippen LogP contribution in [-0.4, -0.2) is 39.1 Å². The van der Waals surface area contributed by atoms with Crippen LogP contribution < -0.4 is 15.4 Å². The smallest absolute Gasteiger partial charge is 0.157 e. The van der Waals surface area contributed by atoms with Crippen LogP contribution in [0.5, 0.6) is 5.75 Å². The zero-order valence-corrected chi connectivity index (χ0v) is 12.0. The molecule has 0 unspecified atom stereocenters. The van der Waals surface area contributed by atoms with E-state index in [1.807, 2.05) is 7.05 Å². The molecule has 1 aromatic rings. The third-order valence-electron chi connectivity index (χ3n) is 2.88. The molecule has 5 heteroatoms. The van der Waals surface area contributed by atoms with Crippen molar-refractivity contribution in [3.8, 4) is 5.75 Å². The molecule has 1 aromatic carbocycles. The van der Waals surface area contributed by atoms with Crippen molar-refractivity contribution in [1.29, 1.82) is 0 Å². The van der Waals surface area contributed by atoms with E-state index in [4.69, 9.17) is 16.3 Å². The summed E-state index contributed by atoms with van der Waals surface area (Å²) in [4.78, 5) is 9.89. The Morgan fingerprint density at radius 3 is 2.47 bits per heavy atom. The van der Waals surface area contributed by atoms with Crippen molar-refractivity contribution in [2.75, 3.05) is 26.7 Å². The number of carbonyl (C=O) groups excluding carboxylic acids is 1. The van der Waals surface area contributed by atoms with Gasteiger partial charge in [-0.3, -0.25) is 4.79 Å². The Labute approximate surface area is 119 Å². The normalized spacial score (nSPS) is 15.3. The Hall–Kier alpha value is -1.10. The highest BCUT2D eigenvalue weighted by Crippen LogP contribution is 2.14. The molecular weight excluding hydrogens is 264 g/mol. The second-order valence-corrected chi connectivity index (χ2v) is 4.68. The maximum Gasteiger partial charge on any atom is 0.157 e. The molecule has 0 atom stereocenters. The fourth-order valence-electron chi connectivity index (χ4n) is 1.77. The lowest BCUT2D eigenvalue weighted by Gasteiger charge is -2.21. The fourth-order valence-corrected chi connectivity index (χ4v) is 1.90. The van der Waals surface area contributed by atoms with Gasteiger partial charge < -0.3 is 15.4 Å². The molecule has 106 valence electrons. The van der Waals surface area contributed by atoms with Crippen LogP contribution in [0.4, 0.5) is 0 Å². The predicted molar refractivity (Wildman–Crippen MR) is 78.0 cm³/mol. The number of ether oxygens (including phenoxy) is 1. The Bertz CT molecular complexity index is 351. The third kappa shape index (κ3) is 7.15. The van der Waals surface area contributed by atoms with Gasteiger partial charge in [0.25, 0.3) is 0 Å². The molecule has 0 radical (unpaired) electrons. The van der Waals surface area contributed by atoms with Crippen LogP contribution in [0.15, 0.2) is 24.3 Å². The van der Waals surface area contributed by atoms with E-state index in [1.165, 1.54) is 25.9 Å². The van der Waals surface area contributed by atoms with E-state index in [2.05, 4.69) is 10.6 Å². The molecule has 1 saturated heterocycles. The van der Waals surface area contributed by atoms with Crippen molar-refractivity contribution < 1.29 is 9.53 Å². The summed E-state index contributed by atoms with van der Waals surface area (Å²) in [5, 5.41) is 7.23. The number of hydrogen-bond donors (Lipinski definition) is 2. The van der Waals surface area contributed by atoms with E-state index in [0.29, 0.717) is 17.1 Å². The van der Waals surface area contributed by atoms with E-state index in [9.17, 15) is 4.79 Å². The Morgan fingerprint density at radius 1 is 1.37 bits per heavy atom. The van der Waals surface area contributed by atoms with Crippen LogP contribution in [0, 0.1) is 0 Å². The van der Waals surface area contributed by atoms with Gasteiger partial charge >= 0.3 is 0 Å². The SMILES string of the molecule is CNC1CCNCC1.O=CCOc1ccc(Cl)cc1. The summed E-state index contributed by atoms with van der Waals surface area (Å²) in [6.07, 6.45) is 3.28. The van der Waals surface area contributed by atoms with Gasteiger partial charge in [-0.2, -0.15) is 0 Å². The third-order valence-corrected chi connectivity index (χ3v) is 3.13. The molecule has 0 aromatic heterocycles. The first-order valence-electron chi connectivity index (χ1n) is 6.46. The average Bonchev–Trinajstić information content (AvgIpc) is 2.48. The van der Waals surface area contributed by atoms with Crippen molar-refractivity contribution in [3.05, 3.63) is 29.3 Å². The molecule has 1 aliphatic rings. The van der Waals surface area contributed by atoms with Gasteiger partial charge in [-0.15, -0.1) is 0 Å². The number of aldehydes is 1. The van der Waals surface area contributed by atoms with Crippen LogP contribution in [0.3, 0.4) is 0 Å². The molecule has 2 rings (SSSR count). The maximum absolute atomic E-state index is 9.89. The lowest BCUT2D eigenvalue weighted by atomic mass is 10.1. The fraction of sp³-hybridized carbons (Fsp3) is 0.500. The van der Waals surface area contributed by atoms with E-state index in [0.717, 1.165) is 6.04 Å². The van der Waals surface area contributed by atoms with E-state index in [1.54, 1.807) is 24.3 Å². The summed E-state index contributed by atoms with van der Waals surface area (Å²) in [7, 11) is 2.04. The minimum Gasteiger partial charge on any atom is -0.486 e. The molecule has 1 heterocycles. The summed E-state index contributed by atoms with van der Waals surface area (Å²) >= 11 is 5.62. The van der Waals surface area contributed by atoms with Gasteiger partial charge in [0.1, 0.15) is 12.4 Å². The predicted octanol–water partition coefficient (Wildman–Crippen LogP) is 1.88. The summed E-state index contributed by atoms with van der Waals surface area (Å²) < 4.78 is 4.98. The highest BCUT2D eigenvalue weighted by atomic mass is 35.5. The van der Waals surface area contributed by atoms with E-state index >= 15 is 0 Å². The van der Waals surface area contributed by atoms with Gasteiger partial charge in [-0.05, 0) is 57.2 Å². The Balaban J connectivity index is 0.000000200. The minimum absolute atomic E-state index is 0.0850. The van der Waals surface area contributed by atoms with Crippen LogP contribution in [0.1, 0.15) is 12.8 Å². The van der Waals surface area contributed by atoms with Gasteiger partial charge in [0.2, 0.25) is 0 Å². The lowest BCUT2D eigenvalue weighted by molar-refractivity contribution is -0.109. The molecule has 4 nitrogen and oxygen atoms in total. The molecule has 0 saturated carbocycles. The van der Waals surface area contributed by atoms with Crippen LogP contribution in [0.25, 0.3) is 0 Å². The Kier molecular flexibility index (Phi) is 8.21. The quantitative estimate of drug-likeness (QED) is 0.829. The van der Waals surface area contributed by atoms with Gasteiger partial charge in [0, 0.05) is 11.1 Å². The second-order valence-electron chi connectivity index (χ2n) is 4.24. The van der Waals surface area contributed by atoms with Crippen LogP contribution in [0.2, 0.25) is 5.02 Å². The van der Waals surface area contributed by atoms with Gasteiger partial charge in [0.15, 0.2) is 6.29 Å². The number of benzene rings is 1. The Morgan fingerprint density at radius 2 is 2.00 bits per heavy atom. The highest BCUT2D eigenvalue weighted by Gasteiger charge is 2.08. The first-order valence-corrected chi connectivity index (χ1v) is 6.84. The number of hydrogen-bond acceptors (Lipinski definition) is 4. The average molecular weight is 285 g/mol. The first-order chi connectivity index (χ1) is 9.26. The largest absolute Gasteiger partial charge is 0.486 e. The number of halogens is 1. The molecular formula is C14H21ClN2O2. The summed E-state index contributed by atoms with van der Waals surface area (Å²) in [6.45, 7) is 2.46. The second kappa shape index (κ2) is 9.78. The van der Waals surface area contributed by atoms with E-state index < -0.39 is 0 Å². The number of carbonyl (C=O) groups is 1. The number of nitrogens with one attached hydrogen (secondary N) is 2. The van der Waals surface area contributed by atoms with Crippen molar-refractivity contribution in [2.24, 2.45) is 0 Å². The van der Waals surface area contributed by atoms with Gasteiger partial charge in [-0.1, -0.05) is 11.6 Å². The van der Waals surface area contributed by atoms with Gasteiger partial charge in [-0.25, -0.2) is 0 Å². The standard InChI is InChI=1S/C8H7ClO2.C6H14N2/c9-7-1-3-8(4-2-7)11-6-5-10;1-7-6-2-4-8-5-3-6/h1-5H,6H2;6-8H,2-5H2,1H3. The van der Waals surface area contributed by atoms with Crippen molar-refractivity contribution >= 4 is 17.9 Å². The maximum atomic E-state index is 9.89. The van der Waals surface area contributed by atoms with Gasteiger partial charge in [0.05, 0.1) is 0 Å². The minimum atomic E-state index is 0.0850. The summed E-state index contributed by atoms with van der Waals surface area (Å²) in [5.74, 6) is 0.654. The van der Waals surface area contributed by atoms with Crippen molar-refractivity contribution in [3.63, 3.8) is 0 Å². The molecule has 0 amide bonds. The highest BCUT2D eigenvalue weighted by molar-refractivity contribution is 6.30. The zero-order valence-electron chi connectivity index (χ0n) is 11.2. The number of piperidine rings is 1. The molecule has 0 bridgehead atoms. The van der Waals surface area contributed by atoms with Crippen molar-refractivity contribution in [2.45, 2.75) is 18.9 Å². The first kappa shape index (κ1) is 16.0. The molecule has 1 fully saturated rings. The lowest BCUT2D eigenvalue weighted by Crippen LogP contribution is -2.37. The molecule has 2 N–H and O–H groups in total.